The van der Waals surface area contributed by atoms with Crippen LogP contribution in [-0.2, 0) is 9.84 Å². The summed E-state index contributed by atoms with van der Waals surface area (Å²) in [5, 5.41) is 3.35. The molecule has 0 saturated carbocycles. The van der Waals surface area contributed by atoms with Crippen LogP contribution in [0.1, 0.15) is 40.0 Å². The molecule has 0 spiro atoms. The van der Waals surface area contributed by atoms with E-state index in [1.165, 1.54) is 12.7 Å². The van der Waals surface area contributed by atoms with Crippen LogP contribution in [0.5, 0.6) is 0 Å². The van der Waals surface area contributed by atoms with Crippen molar-refractivity contribution < 1.29 is 8.42 Å². The first-order valence-corrected chi connectivity index (χ1v) is 8.29. The Kier molecular flexibility index (Phi) is 8.02. The smallest absolute Gasteiger partial charge is 0.147 e. The standard InChI is InChI=1S/C12H27NO2S/c1-5-13-10-12(9-11(2)3)7-6-8-16(4,14)15/h11-13H,5-10H2,1-4H3. The van der Waals surface area contributed by atoms with Gasteiger partial charge in [0.1, 0.15) is 9.84 Å². The minimum absolute atomic E-state index is 0.327. The fourth-order valence-corrected chi connectivity index (χ4v) is 2.64. The predicted molar refractivity (Wildman–Crippen MR) is 70.4 cm³/mol. The summed E-state index contributed by atoms with van der Waals surface area (Å²) in [5.74, 6) is 1.62. The number of sulfone groups is 1. The van der Waals surface area contributed by atoms with Crippen LogP contribution in [0.2, 0.25) is 0 Å². The van der Waals surface area contributed by atoms with E-state index in [0.29, 0.717) is 17.6 Å². The van der Waals surface area contributed by atoms with Crippen LogP contribution < -0.4 is 5.32 Å². The molecule has 0 aliphatic heterocycles. The fourth-order valence-electron chi connectivity index (χ4n) is 1.95. The average Bonchev–Trinajstić information content (AvgIpc) is 2.11. The lowest BCUT2D eigenvalue weighted by Gasteiger charge is -2.19. The van der Waals surface area contributed by atoms with Gasteiger partial charge in [-0.1, -0.05) is 20.8 Å². The van der Waals surface area contributed by atoms with Gasteiger partial charge in [-0.05, 0) is 44.2 Å². The van der Waals surface area contributed by atoms with Gasteiger partial charge in [0.15, 0.2) is 0 Å². The van der Waals surface area contributed by atoms with E-state index in [1.54, 1.807) is 0 Å². The number of hydrogen-bond donors (Lipinski definition) is 1. The molecule has 4 heteroatoms. The van der Waals surface area contributed by atoms with E-state index in [2.05, 4.69) is 26.1 Å². The zero-order chi connectivity index (χ0) is 12.6. The van der Waals surface area contributed by atoms with Gasteiger partial charge in [0.2, 0.25) is 0 Å². The van der Waals surface area contributed by atoms with Crippen LogP contribution >= 0.6 is 0 Å². The van der Waals surface area contributed by atoms with E-state index in [1.807, 2.05) is 0 Å². The molecule has 0 aromatic rings. The van der Waals surface area contributed by atoms with E-state index in [0.717, 1.165) is 25.9 Å². The highest BCUT2D eigenvalue weighted by Gasteiger charge is 2.11. The van der Waals surface area contributed by atoms with E-state index in [4.69, 9.17) is 0 Å². The summed E-state index contributed by atoms with van der Waals surface area (Å²) in [4.78, 5) is 0. The Bertz CT molecular complexity index is 260. The largest absolute Gasteiger partial charge is 0.317 e. The van der Waals surface area contributed by atoms with Gasteiger partial charge in [-0.15, -0.1) is 0 Å². The highest BCUT2D eigenvalue weighted by molar-refractivity contribution is 7.90. The molecule has 0 rings (SSSR count). The molecule has 1 unspecified atom stereocenters. The zero-order valence-electron chi connectivity index (χ0n) is 11.1. The molecule has 0 aliphatic rings. The topological polar surface area (TPSA) is 46.2 Å². The summed E-state index contributed by atoms with van der Waals surface area (Å²) in [6, 6.07) is 0. The number of rotatable bonds is 9. The molecule has 0 bridgehead atoms. The van der Waals surface area contributed by atoms with Crippen molar-refractivity contribution in [2.45, 2.75) is 40.0 Å². The Labute approximate surface area is 101 Å². The highest BCUT2D eigenvalue weighted by atomic mass is 32.2. The van der Waals surface area contributed by atoms with E-state index in [9.17, 15) is 8.42 Å². The SMILES string of the molecule is CCNCC(CCCS(C)(=O)=O)CC(C)C. The second kappa shape index (κ2) is 8.07. The predicted octanol–water partition coefficient (Wildman–Crippen LogP) is 2.08. The zero-order valence-corrected chi connectivity index (χ0v) is 11.9. The molecular weight excluding hydrogens is 222 g/mol. The molecule has 98 valence electrons. The van der Waals surface area contributed by atoms with Gasteiger partial charge in [-0.25, -0.2) is 8.42 Å². The highest BCUT2D eigenvalue weighted by Crippen LogP contribution is 2.16. The number of nitrogens with one attached hydrogen (secondary N) is 1. The van der Waals surface area contributed by atoms with Gasteiger partial charge in [-0.2, -0.15) is 0 Å². The Morgan fingerprint density at radius 2 is 1.88 bits per heavy atom. The van der Waals surface area contributed by atoms with Gasteiger partial charge in [0.25, 0.3) is 0 Å². The molecule has 0 aromatic carbocycles. The molecule has 0 aliphatic carbocycles. The Hall–Kier alpha value is -0.0900. The first-order chi connectivity index (χ1) is 7.35. The van der Waals surface area contributed by atoms with Crippen LogP contribution in [0.3, 0.4) is 0 Å². The van der Waals surface area contributed by atoms with Crippen molar-refractivity contribution >= 4 is 9.84 Å². The minimum atomic E-state index is -2.79. The third kappa shape index (κ3) is 10.4. The fraction of sp³-hybridized carbons (Fsp3) is 1.00. The third-order valence-electron chi connectivity index (χ3n) is 2.62. The van der Waals surface area contributed by atoms with E-state index in [-0.39, 0.29) is 0 Å². The van der Waals surface area contributed by atoms with Gasteiger partial charge in [-0.3, -0.25) is 0 Å². The van der Waals surface area contributed by atoms with Crippen molar-refractivity contribution in [2.24, 2.45) is 11.8 Å². The lowest BCUT2D eigenvalue weighted by molar-refractivity contribution is 0.367. The van der Waals surface area contributed by atoms with Gasteiger partial charge >= 0.3 is 0 Å². The van der Waals surface area contributed by atoms with Crippen LogP contribution in [0.25, 0.3) is 0 Å². The molecule has 0 aromatic heterocycles. The van der Waals surface area contributed by atoms with Gasteiger partial charge in [0, 0.05) is 12.0 Å². The molecule has 3 nitrogen and oxygen atoms in total. The molecule has 0 saturated heterocycles. The van der Waals surface area contributed by atoms with Crippen molar-refractivity contribution in [1.29, 1.82) is 0 Å². The summed E-state index contributed by atoms with van der Waals surface area (Å²) in [5.41, 5.74) is 0. The summed E-state index contributed by atoms with van der Waals surface area (Å²) in [6.07, 6.45) is 4.30. The molecule has 1 atom stereocenters. The lowest BCUT2D eigenvalue weighted by Crippen LogP contribution is -2.24. The summed E-state index contributed by atoms with van der Waals surface area (Å²) in [7, 11) is -2.79. The molecular formula is C12H27NO2S. The maximum atomic E-state index is 11.0. The van der Waals surface area contributed by atoms with Crippen LogP contribution in [0.15, 0.2) is 0 Å². The Balaban J connectivity index is 3.91. The van der Waals surface area contributed by atoms with Crippen LogP contribution in [0.4, 0.5) is 0 Å². The van der Waals surface area contributed by atoms with Gasteiger partial charge < -0.3 is 5.32 Å². The van der Waals surface area contributed by atoms with E-state index >= 15 is 0 Å². The average molecular weight is 249 g/mol. The monoisotopic (exact) mass is 249 g/mol. The first-order valence-electron chi connectivity index (χ1n) is 6.23. The second-order valence-electron chi connectivity index (χ2n) is 5.08. The molecule has 16 heavy (non-hydrogen) atoms. The summed E-state index contributed by atoms with van der Waals surface area (Å²) < 4.78 is 22.1. The quantitative estimate of drug-likeness (QED) is 0.680. The molecule has 0 radical (unpaired) electrons. The van der Waals surface area contributed by atoms with Crippen molar-refractivity contribution in [2.75, 3.05) is 25.1 Å². The van der Waals surface area contributed by atoms with Crippen molar-refractivity contribution in [1.82, 2.24) is 5.32 Å². The summed E-state index contributed by atoms with van der Waals surface area (Å²) >= 11 is 0. The van der Waals surface area contributed by atoms with Crippen molar-refractivity contribution in [3.05, 3.63) is 0 Å². The second-order valence-corrected chi connectivity index (χ2v) is 7.34. The number of hydrogen-bond acceptors (Lipinski definition) is 3. The first kappa shape index (κ1) is 15.9. The Morgan fingerprint density at radius 3 is 2.31 bits per heavy atom. The molecule has 0 fully saturated rings. The molecule has 0 heterocycles. The van der Waals surface area contributed by atoms with Crippen molar-refractivity contribution in [3.8, 4) is 0 Å². The third-order valence-corrected chi connectivity index (χ3v) is 3.65. The van der Waals surface area contributed by atoms with E-state index < -0.39 is 9.84 Å². The Morgan fingerprint density at radius 1 is 1.25 bits per heavy atom. The molecule has 0 amide bonds. The maximum Gasteiger partial charge on any atom is 0.147 e. The van der Waals surface area contributed by atoms with Crippen LogP contribution in [-0.4, -0.2) is 33.5 Å². The minimum Gasteiger partial charge on any atom is -0.317 e. The lowest BCUT2D eigenvalue weighted by atomic mass is 9.93. The van der Waals surface area contributed by atoms with Crippen LogP contribution in [0, 0.1) is 11.8 Å². The van der Waals surface area contributed by atoms with Gasteiger partial charge in [0.05, 0.1) is 0 Å². The molecule has 1 N–H and O–H groups in total. The van der Waals surface area contributed by atoms with Crippen molar-refractivity contribution in [3.63, 3.8) is 0 Å². The maximum absolute atomic E-state index is 11.0. The summed E-state index contributed by atoms with van der Waals surface area (Å²) in [6.45, 7) is 8.53. The normalized spacial score (nSPS) is 14.3.